The molecule has 0 aromatic carbocycles. The van der Waals surface area contributed by atoms with E-state index in [1.807, 2.05) is 0 Å². The second kappa shape index (κ2) is 36.6. The monoisotopic (exact) mass is 500 g/mol. The van der Waals surface area contributed by atoms with Crippen LogP contribution in [0.1, 0.15) is 181 Å². The molecule has 0 amide bonds. The molecule has 0 N–H and O–H groups in total. The summed E-state index contributed by atoms with van der Waals surface area (Å²) in [6.07, 6.45) is 34.2. The summed E-state index contributed by atoms with van der Waals surface area (Å²) in [5, 5.41) is 0. The Morgan fingerprint density at radius 1 is 0.412 bits per heavy atom. The molecule has 0 bridgehead atoms. The molecule has 0 rings (SSSR count). The zero-order valence-electron chi connectivity index (χ0n) is 22.4. The van der Waals surface area contributed by atoms with Gasteiger partial charge in [-0.25, -0.2) is 0 Å². The molecule has 4 heteroatoms. The number of hydrogen-bond acceptors (Lipinski definition) is 2. The van der Waals surface area contributed by atoms with Crippen molar-refractivity contribution in [3.05, 3.63) is 0 Å². The zero-order chi connectivity index (χ0) is 23.4. The molecule has 0 heterocycles. The minimum absolute atomic E-state index is 0. The van der Waals surface area contributed by atoms with E-state index in [9.17, 15) is 4.79 Å². The van der Waals surface area contributed by atoms with Crippen molar-refractivity contribution in [3.8, 4) is 0 Å². The number of unbranched alkanes of at least 4 members (excludes halogenated alkanes) is 23. The average molecular weight is 501 g/mol. The summed E-state index contributed by atoms with van der Waals surface area (Å²) >= 11 is 0. The van der Waals surface area contributed by atoms with Crippen LogP contribution in [0.25, 0.3) is 0 Å². The van der Waals surface area contributed by atoms with Crippen LogP contribution in [0.4, 0.5) is 0 Å². The van der Waals surface area contributed by atoms with Gasteiger partial charge in [0.05, 0.1) is 6.61 Å². The van der Waals surface area contributed by atoms with E-state index in [0.717, 1.165) is 12.8 Å². The second-order valence-corrected chi connectivity index (χ2v) is 10.1. The molecule has 0 saturated carbocycles. The minimum atomic E-state index is 0. The number of esters is 1. The number of carbonyl (C=O) groups is 1. The van der Waals surface area contributed by atoms with E-state index in [1.165, 1.54) is 148 Å². The molecule has 0 aromatic heterocycles. The maximum atomic E-state index is 11.8. The Balaban J connectivity index is -0.00000480. The van der Waals surface area contributed by atoms with Gasteiger partial charge in [-0.15, -0.1) is 0 Å². The summed E-state index contributed by atoms with van der Waals surface area (Å²) in [4.78, 5) is 11.8. The third-order valence-electron chi connectivity index (χ3n) is 6.75. The van der Waals surface area contributed by atoms with Gasteiger partial charge in [0, 0.05) is 6.42 Å². The average Bonchev–Trinajstić information content (AvgIpc) is 2.80. The third-order valence-corrected chi connectivity index (χ3v) is 6.75. The fourth-order valence-electron chi connectivity index (χ4n) is 4.49. The van der Waals surface area contributed by atoms with E-state index in [4.69, 9.17) is 4.74 Å². The maximum absolute atomic E-state index is 11.8. The summed E-state index contributed by atoms with van der Waals surface area (Å²) in [6, 6.07) is 0. The molecule has 0 aliphatic rings. The van der Waals surface area contributed by atoms with Crippen LogP contribution in [0.2, 0.25) is 0 Å². The van der Waals surface area contributed by atoms with Gasteiger partial charge >= 0.3 is 65.1 Å². The molecule has 0 spiro atoms. The number of carbonyl (C=O) groups excluding carboxylic acids is 1. The quantitative estimate of drug-likeness (QED) is 0.0638. The first-order valence-corrected chi connectivity index (χ1v) is 15.0. The molecular formula is C30H62Na2O2. The Morgan fingerprint density at radius 2 is 0.676 bits per heavy atom. The summed E-state index contributed by atoms with van der Waals surface area (Å²) in [5.41, 5.74) is 0. The van der Waals surface area contributed by atoms with Crippen LogP contribution >= 0.6 is 0 Å². The van der Waals surface area contributed by atoms with Crippen molar-refractivity contribution in [3.63, 3.8) is 0 Å². The van der Waals surface area contributed by atoms with Crippen LogP contribution in [0.5, 0.6) is 0 Å². The molecule has 0 atom stereocenters. The summed E-state index contributed by atoms with van der Waals surface area (Å²) in [6.45, 7) is 5.19. The first kappa shape index (κ1) is 40.0. The van der Waals surface area contributed by atoms with E-state index in [2.05, 4.69) is 13.8 Å². The topological polar surface area (TPSA) is 26.3 Å². The van der Waals surface area contributed by atoms with Gasteiger partial charge in [0.15, 0.2) is 0 Å². The predicted molar refractivity (Wildman–Crippen MR) is 157 cm³/mol. The van der Waals surface area contributed by atoms with Crippen LogP contribution in [0.3, 0.4) is 0 Å². The van der Waals surface area contributed by atoms with Gasteiger partial charge in [-0.2, -0.15) is 0 Å². The molecule has 2 nitrogen and oxygen atoms in total. The molecule has 0 radical (unpaired) electrons. The first-order chi connectivity index (χ1) is 15.8. The Morgan fingerprint density at radius 3 is 1.00 bits per heavy atom. The molecule has 34 heavy (non-hydrogen) atoms. The number of hydrogen-bond donors (Lipinski definition) is 0. The zero-order valence-corrected chi connectivity index (χ0v) is 22.4. The Hall–Kier alpha value is 1.47. The van der Waals surface area contributed by atoms with E-state index >= 15 is 0 Å². The van der Waals surface area contributed by atoms with Gasteiger partial charge in [0.25, 0.3) is 0 Å². The van der Waals surface area contributed by atoms with Gasteiger partial charge in [0.2, 0.25) is 0 Å². The van der Waals surface area contributed by atoms with Crippen molar-refractivity contribution < 1.29 is 9.53 Å². The SMILES string of the molecule is CCCCCCCCCCCCCCCCCC(=O)OCCCCCCCCCCCC.[NaH].[NaH]. The van der Waals surface area contributed by atoms with Gasteiger partial charge in [-0.05, 0) is 12.8 Å². The Labute approximate surface area is 259 Å². The van der Waals surface area contributed by atoms with Gasteiger partial charge in [0.1, 0.15) is 0 Å². The Kier molecular flexibility index (Phi) is 43.1. The van der Waals surface area contributed by atoms with Crippen LogP contribution < -0.4 is 0 Å². The fraction of sp³-hybridized carbons (Fsp3) is 0.967. The normalized spacial score (nSPS) is 10.5. The second-order valence-electron chi connectivity index (χ2n) is 10.1. The fourth-order valence-corrected chi connectivity index (χ4v) is 4.49. The standard InChI is InChI=1S/C30H60O2.2Na.2H/c1-3-5-7-9-11-13-15-16-17-18-19-20-22-24-26-28-30(31)32-29-27-25-23-21-14-12-10-8-6-4-2;;;;/h3-29H2,1-2H3;;;;. The van der Waals surface area contributed by atoms with Crippen LogP contribution in [-0.2, 0) is 9.53 Å². The van der Waals surface area contributed by atoms with E-state index in [-0.39, 0.29) is 65.1 Å². The third kappa shape index (κ3) is 35.6. The number of rotatable bonds is 27. The summed E-state index contributed by atoms with van der Waals surface area (Å²) in [7, 11) is 0. The van der Waals surface area contributed by atoms with Crippen molar-refractivity contribution in [2.24, 2.45) is 0 Å². The summed E-state index contributed by atoms with van der Waals surface area (Å²) < 4.78 is 5.39. The molecule has 0 saturated heterocycles. The van der Waals surface area contributed by atoms with Crippen LogP contribution in [0.15, 0.2) is 0 Å². The van der Waals surface area contributed by atoms with E-state index < -0.39 is 0 Å². The van der Waals surface area contributed by atoms with Gasteiger partial charge in [-0.1, -0.05) is 162 Å². The van der Waals surface area contributed by atoms with Gasteiger partial charge < -0.3 is 4.74 Å². The van der Waals surface area contributed by atoms with Crippen molar-refractivity contribution >= 4 is 65.1 Å². The first-order valence-electron chi connectivity index (χ1n) is 15.0. The van der Waals surface area contributed by atoms with Crippen molar-refractivity contribution in [1.29, 1.82) is 0 Å². The van der Waals surface area contributed by atoms with Gasteiger partial charge in [-0.3, -0.25) is 4.79 Å². The van der Waals surface area contributed by atoms with Crippen molar-refractivity contribution in [1.82, 2.24) is 0 Å². The van der Waals surface area contributed by atoms with Crippen molar-refractivity contribution in [2.75, 3.05) is 6.61 Å². The number of ether oxygens (including phenoxy) is 1. The molecule has 0 aliphatic heterocycles. The molecule has 0 unspecified atom stereocenters. The predicted octanol–water partition coefficient (Wildman–Crippen LogP) is 9.41. The molecular weight excluding hydrogens is 438 g/mol. The van der Waals surface area contributed by atoms with Crippen molar-refractivity contribution in [2.45, 2.75) is 181 Å². The molecule has 196 valence electrons. The van der Waals surface area contributed by atoms with E-state index in [0.29, 0.717) is 13.0 Å². The van der Waals surface area contributed by atoms with Crippen LogP contribution in [-0.4, -0.2) is 71.7 Å². The van der Waals surface area contributed by atoms with Crippen LogP contribution in [0, 0.1) is 0 Å². The molecule has 0 aliphatic carbocycles. The Bertz CT molecular complexity index is 364. The summed E-state index contributed by atoms with van der Waals surface area (Å²) in [5.74, 6) is 0.0237. The van der Waals surface area contributed by atoms with E-state index in [1.54, 1.807) is 0 Å². The molecule has 0 fully saturated rings. The molecule has 0 aromatic rings.